The van der Waals surface area contributed by atoms with Crippen molar-refractivity contribution in [3.05, 3.63) is 17.3 Å². The molecule has 1 aromatic rings. The highest BCUT2D eigenvalue weighted by molar-refractivity contribution is 6.33. The van der Waals surface area contributed by atoms with Crippen LogP contribution in [0.1, 0.15) is 0 Å². The molecule has 4 N–H and O–H groups in total. The summed E-state index contributed by atoms with van der Waals surface area (Å²) in [5.74, 6) is 0.309. The second-order valence-corrected chi connectivity index (χ2v) is 3.03. The number of anilines is 2. The number of nitrogens with one attached hydrogen (secondary N) is 2. The fourth-order valence-electron chi connectivity index (χ4n) is 0.835. The molecule has 14 heavy (non-hydrogen) atoms. The van der Waals surface area contributed by atoms with Gasteiger partial charge in [-0.2, -0.15) is 0 Å². The first kappa shape index (κ1) is 10.6. The third kappa shape index (κ3) is 2.77. The zero-order chi connectivity index (χ0) is 10.6. The minimum atomic E-state index is -0.139. The third-order valence-corrected chi connectivity index (χ3v) is 1.85. The summed E-state index contributed by atoms with van der Waals surface area (Å²) in [4.78, 5) is 14.8. The molecular weight excluding hydrogens is 204 g/mol. The predicted molar refractivity (Wildman–Crippen MR) is 56.2 cm³/mol. The molecule has 0 unspecified atom stereocenters. The molecule has 1 aromatic heterocycles. The van der Waals surface area contributed by atoms with Crippen molar-refractivity contribution in [2.45, 2.75) is 0 Å². The van der Waals surface area contributed by atoms with Crippen molar-refractivity contribution in [3.8, 4) is 0 Å². The molecule has 0 saturated carbocycles. The van der Waals surface area contributed by atoms with Gasteiger partial charge in [-0.05, 0) is 6.07 Å². The van der Waals surface area contributed by atoms with E-state index < -0.39 is 0 Å². The maximum atomic E-state index is 10.9. The summed E-state index contributed by atoms with van der Waals surface area (Å²) < 4.78 is 0. The Bertz CT molecular complexity index is 342. The van der Waals surface area contributed by atoms with Crippen LogP contribution in [-0.2, 0) is 4.79 Å². The van der Waals surface area contributed by atoms with Crippen molar-refractivity contribution >= 4 is 29.0 Å². The van der Waals surface area contributed by atoms with E-state index >= 15 is 0 Å². The normalized spacial score (nSPS) is 9.57. The van der Waals surface area contributed by atoms with Crippen molar-refractivity contribution in [2.75, 3.05) is 24.6 Å². The van der Waals surface area contributed by atoms with Crippen LogP contribution < -0.4 is 16.4 Å². The van der Waals surface area contributed by atoms with Gasteiger partial charge in [-0.3, -0.25) is 4.79 Å². The monoisotopic (exact) mass is 214 g/mol. The van der Waals surface area contributed by atoms with Gasteiger partial charge in [0.15, 0.2) is 0 Å². The van der Waals surface area contributed by atoms with E-state index in [-0.39, 0.29) is 12.5 Å². The molecule has 0 spiro atoms. The van der Waals surface area contributed by atoms with Crippen LogP contribution in [0.15, 0.2) is 12.3 Å². The zero-order valence-electron chi connectivity index (χ0n) is 7.67. The molecule has 0 aliphatic heterocycles. The SMILES string of the molecule is CNC(=O)CNc1ncc(N)cc1Cl. The highest BCUT2D eigenvalue weighted by Crippen LogP contribution is 2.20. The lowest BCUT2D eigenvalue weighted by molar-refractivity contribution is -0.118. The Morgan fingerprint density at radius 3 is 3.00 bits per heavy atom. The van der Waals surface area contributed by atoms with E-state index in [1.54, 1.807) is 13.1 Å². The van der Waals surface area contributed by atoms with Crippen molar-refractivity contribution in [3.63, 3.8) is 0 Å². The van der Waals surface area contributed by atoms with Gasteiger partial charge in [-0.1, -0.05) is 11.6 Å². The number of halogens is 1. The summed E-state index contributed by atoms with van der Waals surface area (Å²) in [5.41, 5.74) is 5.94. The largest absolute Gasteiger partial charge is 0.397 e. The van der Waals surface area contributed by atoms with E-state index in [1.165, 1.54) is 6.20 Å². The van der Waals surface area contributed by atoms with Crippen molar-refractivity contribution in [2.24, 2.45) is 0 Å². The first-order chi connectivity index (χ1) is 6.63. The first-order valence-electron chi connectivity index (χ1n) is 3.99. The molecule has 0 fully saturated rings. The number of nitrogens with two attached hydrogens (primary N) is 1. The van der Waals surface area contributed by atoms with Gasteiger partial charge in [0.05, 0.1) is 23.5 Å². The number of aromatic nitrogens is 1. The van der Waals surface area contributed by atoms with Crippen LogP contribution in [0, 0.1) is 0 Å². The molecule has 0 aromatic carbocycles. The summed E-state index contributed by atoms with van der Waals surface area (Å²) in [6.45, 7) is 0.132. The van der Waals surface area contributed by atoms with Crippen LogP contribution in [0.5, 0.6) is 0 Å². The first-order valence-corrected chi connectivity index (χ1v) is 4.36. The van der Waals surface area contributed by atoms with E-state index in [9.17, 15) is 4.79 Å². The summed E-state index contributed by atoms with van der Waals surface area (Å²) in [6.07, 6.45) is 1.47. The molecule has 1 rings (SSSR count). The van der Waals surface area contributed by atoms with Crippen LogP contribution in [0.4, 0.5) is 11.5 Å². The van der Waals surface area contributed by atoms with Gasteiger partial charge in [0.2, 0.25) is 5.91 Å². The summed E-state index contributed by atoms with van der Waals surface area (Å²) in [7, 11) is 1.56. The molecule has 1 heterocycles. The zero-order valence-corrected chi connectivity index (χ0v) is 8.43. The Labute approximate surface area is 86.7 Å². The van der Waals surface area contributed by atoms with Crippen LogP contribution in [-0.4, -0.2) is 24.5 Å². The highest BCUT2D eigenvalue weighted by Gasteiger charge is 2.03. The molecule has 0 aliphatic carbocycles. The van der Waals surface area contributed by atoms with E-state index in [1.807, 2.05) is 0 Å². The topological polar surface area (TPSA) is 80.0 Å². The Kier molecular flexibility index (Phi) is 3.53. The minimum Gasteiger partial charge on any atom is -0.397 e. The molecule has 0 aliphatic rings. The minimum absolute atomic E-state index is 0.132. The number of nitrogens with zero attached hydrogens (tertiary/aromatic N) is 1. The summed E-state index contributed by atoms with van der Waals surface area (Å²) in [6, 6.07) is 1.57. The van der Waals surface area contributed by atoms with Gasteiger partial charge in [-0.25, -0.2) is 4.98 Å². The number of pyridine rings is 1. The number of hydrogen-bond donors (Lipinski definition) is 3. The molecular formula is C8H11ClN4O. The summed E-state index contributed by atoms with van der Waals surface area (Å²) in [5, 5.41) is 5.65. The van der Waals surface area contributed by atoms with Gasteiger partial charge in [-0.15, -0.1) is 0 Å². The third-order valence-electron chi connectivity index (χ3n) is 1.56. The van der Waals surface area contributed by atoms with Crippen molar-refractivity contribution < 1.29 is 4.79 Å². The number of carbonyl (C=O) groups is 1. The quantitative estimate of drug-likeness (QED) is 0.684. The lowest BCUT2D eigenvalue weighted by Crippen LogP contribution is -2.26. The number of carbonyl (C=O) groups excluding carboxylic acids is 1. The highest BCUT2D eigenvalue weighted by atomic mass is 35.5. The van der Waals surface area contributed by atoms with Gasteiger partial charge in [0.1, 0.15) is 5.82 Å². The molecule has 5 nitrogen and oxygen atoms in total. The number of hydrogen-bond acceptors (Lipinski definition) is 4. The fraction of sp³-hybridized carbons (Fsp3) is 0.250. The Hall–Kier alpha value is -1.49. The Balaban J connectivity index is 2.63. The molecule has 0 bridgehead atoms. The fourth-order valence-corrected chi connectivity index (χ4v) is 1.08. The summed E-state index contributed by atoms with van der Waals surface area (Å²) >= 11 is 5.82. The lowest BCUT2D eigenvalue weighted by Gasteiger charge is -2.06. The number of rotatable bonds is 3. The Morgan fingerprint density at radius 1 is 1.71 bits per heavy atom. The van der Waals surface area contributed by atoms with Crippen LogP contribution in [0.2, 0.25) is 5.02 Å². The van der Waals surface area contributed by atoms with Gasteiger partial charge >= 0.3 is 0 Å². The number of nitrogen functional groups attached to an aromatic ring is 1. The smallest absolute Gasteiger partial charge is 0.239 e. The van der Waals surface area contributed by atoms with Gasteiger partial charge in [0, 0.05) is 7.05 Å². The second-order valence-electron chi connectivity index (χ2n) is 2.63. The molecule has 0 atom stereocenters. The van der Waals surface area contributed by atoms with Gasteiger partial charge in [0.25, 0.3) is 0 Å². The van der Waals surface area contributed by atoms with E-state index in [0.29, 0.717) is 16.5 Å². The predicted octanol–water partition coefficient (Wildman–Crippen LogP) is 0.475. The standard InChI is InChI=1S/C8H11ClN4O/c1-11-7(14)4-13-8-6(9)2-5(10)3-12-8/h2-3H,4,10H2,1H3,(H,11,14)(H,12,13). The van der Waals surface area contributed by atoms with Gasteiger partial charge < -0.3 is 16.4 Å². The maximum Gasteiger partial charge on any atom is 0.239 e. The Morgan fingerprint density at radius 2 is 2.43 bits per heavy atom. The lowest BCUT2D eigenvalue weighted by atomic mass is 10.4. The molecule has 0 saturated heterocycles. The number of amides is 1. The van der Waals surface area contributed by atoms with E-state index in [0.717, 1.165) is 0 Å². The molecule has 6 heteroatoms. The van der Waals surface area contributed by atoms with Crippen LogP contribution in [0.25, 0.3) is 0 Å². The maximum absolute atomic E-state index is 10.9. The van der Waals surface area contributed by atoms with Crippen molar-refractivity contribution in [1.82, 2.24) is 10.3 Å². The van der Waals surface area contributed by atoms with E-state index in [2.05, 4.69) is 15.6 Å². The van der Waals surface area contributed by atoms with Crippen molar-refractivity contribution in [1.29, 1.82) is 0 Å². The average Bonchev–Trinajstić information content (AvgIpc) is 2.16. The second kappa shape index (κ2) is 4.66. The average molecular weight is 215 g/mol. The molecule has 1 amide bonds. The van der Waals surface area contributed by atoms with E-state index in [4.69, 9.17) is 17.3 Å². The van der Waals surface area contributed by atoms with Crippen LogP contribution in [0.3, 0.4) is 0 Å². The van der Waals surface area contributed by atoms with Crippen LogP contribution >= 0.6 is 11.6 Å². The number of likely N-dealkylation sites (N-methyl/N-ethyl adjacent to an activating group) is 1. The molecule has 0 radical (unpaired) electrons. The molecule has 76 valence electrons.